The van der Waals surface area contributed by atoms with Gasteiger partial charge in [0, 0.05) is 23.9 Å². The van der Waals surface area contributed by atoms with E-state index >= 15 is 0 Å². The topological polar surface area (TPSA) is 49.2 Å². The molecule has 0 saturated carbocycles. The van der Waals surface area contributed by atoms with Crippen LogP contribution < -0.4 is 9.47 Å². The summed E-state index contributed by atoms with van der Waals surface area (Å²) >= 11 is 1.64. The van der Waals surface area contributed by atoms with E-state index in [1.165, 1.54) is 0 Å². The van der Waals surface area contributed by atoms with Crippen LogP contribution in [0.5, 0.6) is 11.5 Å². The van der Waals surface area contributed by atoms with Crippen molar-refractivity contribution in [2.45, 2.75) is 10.9 Å². The summed E-state index contributed by atoms with van der Waals surface area (Å²) in [5.74, 6) is 3.33. The monoisotopic (exact) mass is 341 g/mol. The van der Waals surface area contributed by atoms with Crippen LogP contribution in [0, 0.1) is 0 Å². The van der Waals surface area contributed by atoms with Gasteiger partial charge in [-0.1, -0.05) is 30.0 Å². The third-order valence-corrected chi connectivity index (χ3v) is 4.80. The maximum atomic E-state index is 5.39. The van der Waals surface area contributed by atoms with E-state index in [0.717, 1.165) is 39.4 Å². The molecule has 1 aromatic heterocycles. The highest BCUT2D eigenvalue weighted by molar-refractivity contribution is 7.98. The van der Waals surface area contributed by atoms with Crippen LogP contribution in [-0.4, -0.2) is 29.0 Å². The Balaban J connectivity index is 1.77. The second-order valence-electron chi connectivity index (χ2n) is 5.19. The van der Waals surface area contributed by atoms with E-state index in [9.17, 15) is 0 Å². The van der Waals surface area contributed by atoms with E-state index in [0.29, 0.717) is 0 Å². The van der Waals surface area contributed by atoms with Crippen LogP contribution in [-0.2, 0) is 12.8 Å². The number of methoxy groups -OCH3 is 2. The fourth-order valence-electron chi connectivity index (χ4n) is 2.40. The average molecular weight is 341 g/mol. The van der Waals surface area contributed by atoms with Crippen molar-refractivity contribution in [1.29, 1.82) is 0 Å². The standard InChI is InChI=1S/C18H19N3O2S/c1-21-17(13-8-10-15(22-2)11-9-13)19-20-18(21)24-12-14-6-4-5-7-16(14)23-3/h4-11H,12H2,1-3H3. The normalized spacial score (nSPS) is 10.6. The molecule has 5 nitrogen and oxygen atoms in total. The largest absolute Gasteiger partial charge is 0.497 e. The first-order chi connectivity index (χ1) is 11.7. The number of hydrogen-bond acceptors (Lipinski definition) is 5. The number of rotatable bonds is 6. The molecule has 0 amide bonds. The number of hydrogen-bond donors (Lipinski definition) is 0. The minimum Gasteiger partial charge on any atom is -0.497 e. The molecule has 0 radical (unpaired) electrons. The second-order valence-corrected chi connectivity index (χ2v) is 6.14. The van der Waals surface area contributed by atoms with E-state index in [-0.39, 0.29) is 0 Å². The van der Waals surface area contributed by atoms with E-state index in [2.05, 4.69) is 16.3 Å². The molecule has 0 atom stereocenters. The fourth-order valence-corrected chi connectivity index (χ4v) is 3.30. The van der Waals surface area contributed by atoms with Gasteiger partial charge in [-0.3, -0.25) is 0 Å². The Morgan fingerprint density at radius 2 is 1.71 bits per heavy atom. The van der Waals surface area contributed by atoms with Gasteiger partial charge in [-0.2, -0.15) is 0 Å². The summed E-state index contributed by atoms with van der Waals surface area (Å²) in [5, 5.41) is 9.49. The Bertz CT molecular complexity index is 815. The van der Waals surface area contributed by atoms with Crippen LogP contribution in [0.25, 0.3) is 11.4 Å². The molecule has 0 fully saturated rings. The van der Waals surface area contributed by atoms with Crippen molar-refractivity contribution in [3.8, 4) is 22.9 Å². The van der Waals surface area contributed by atoms with Crippen molar-refractivity contribution in [1.82, 2.24) is 14.8 Å². The summed E-state index contributed by atoms with van der Waals surface area (Å²) in [6.07, 6.45) is 0. The van der Waals surface area contributed by atoms with Crippen molar-refractivity contribution >= 4 is 11.8 Å². The maximum Gasteiger partial charge on any atom is 0.191 e. The van der Waals surface area contributed by atoms with Gasteiger partial charge in [0.1, 0.15) is 11.5 Å². The lowest BCUT2D eigenvalue weighted by Gasteiger charge is -2.08. The number of aromatic nitrogens is 3. The van der Waals surface area contributed by atoms with E-state index < -0.39 is 0 Å². The molecule has 0 unspecified atom stereocenters. The van der Waals surface area contributed by atoms with Crippen LogP contribution in [0.2, 0.25) is 0 Å². The second kappa shape index (κ2) is 7.40. The molecule has 0 aliphatic rings. The lowest BCUT2D eigenvalue weighted by atomic mass is 10.2. The van der Waals surface area contributed by atoms with Gasteiger partial charge in [-0.15, -0.1) is 10.2 Å². The summed E-state index contributed by atoms with van der Waals surface area (Å²) in [6.45, 7) is 0. The van der Waals surface area contributed by atoms with Gasteiger partial charge in [-0.05, 0) is 30.3 Å². The van der Waals surface area contributed by atoms with Crippen LogP contribution in [0.1, 0.15) is 5.56 Å². The quantitative estimate of drug-likeness (QED) is 0.639. The Kier molecular flexibility index (Phi) is 5.05. The van der Waals surface area contributed by atoms with E-state index in [1.54, 1.807) is 26.0 Å². The number of ether oxygens (including phenoxy) is 2. The molecule has 3 rings (SSSR count). The number of benzene rings is 2. The minimum atomic E-state index is 0.776. The van der Waals surface area contributed by atoms with Crippen LogP contribution in [0.4, 0.5) is 0 Å². The Hall–Kier alpha value is -2.47. The first kappa shape index (κ1) is 16.4. The van der Waals surface area contributed by atoms with E-state index in [1.807, 2.05) is 54.1 Å². The molecular formula is C18H19N3O2S. The van der Waals surface area contributed by atoms with Crippen molar-refractivity contribution in [3.05, 3.63) is 54.1 Å². The van der Waals surface area contributed by atoms with Gasteiger partial charge in [-0.25, -0.2) is 0 Å². The van der Waals surface area contributed by atoms with Crippen molar-refractivity contribution < 1.29 is 9.47 Å². The summed E-state index contributed by atoms with van der Waals surface area (Å²) in [5.41, 5.74) is 2.15. The molecule has 1 heterocycles. The van der Waals surface area contributed by atoms with Gasteiger partial charge in [0.25, 0.3) is 0 Å². The molecule has 0 aliphatic heterocycles. The first-order valence-electron chi connectivity index (χ1n) is 7.51. The minimum absolute atomic E-state index is 0.776. The fraction of sp³-hybridized carbons (Fsp3) is 0.222. The predicted octanol–water partition coefficient (Wildman–Crippen LogP) is 3.79. The molecular weight excluding hydrogens is 322 g/mol. The van der Waals surface area contributed by atoms with Crippen LogP contribution >= 0.6 is 11.8 Å². The third kappa shape index (κ3) is 3.38. The Morgan fingerprint density at radius 1 is 0.958 bits per heavy atom. The zero-order chi connectivity index (χ0) is 16.9. The van der Waals surface area contributed by atoms with Crippen LogP contribution in [0.15, 0.2) is 53.7 Å². The molecule has 124 valence electrons. The molecule has 0 spiro atoms. The molecule has 0 saturated heterocycles. The Labute approximate surface area is 145 Å². The molecule has 3 aromatic rings. The summed E-state index contributed by atoms with van der Waals surface area (Å²) in [7, 11) is 5.32. The zero-order valence-electron chi connectivity index (χ0n) is 13.9. The zero-order valence-corrected chi connectivity index (χ0v) is 14.7. The SMILES string of the molecule is COc1ccc(-c2nnc(SCc3ccccc3OC)n2C)cc1. The van der Waals surface area contributed by atoms with Crippen molar-refractivity contribution in [3.63, 3.8) is 0 Å². The summed E-state index contributed by atoms with van der Waals surface area (Å²) in [6, 6.07) is 15.8. The number of para-hydroxylation sites is 1. The smallest absolute Gasteiger partial charge is 0.191 e. The van der Waals surface area contributed by atoms with Crippen molar-refractivity contribution in [2.75, 3.05) is 14.2 Å². The van der Waals surface area contributed by atoms with Gasteiger partial charge in [0.2, 0.25) is 0 Å². The molecule has 0 N–H and O–H groups in total. The molecule has 24 heavy (non-hydrogen) atoms. The lowest BCUT2D eigenvalue weighted by Crippen LogP contribution is -1.96. The molecule has 6 heteroatoms. The first-order valence-corrected chi connectivity index (χ1v) is 8.50. The Morgan fingerprint density at radius 3 is 2.42 bits per heavy atom. The van der Waals surface area contributed by atoms with Crippen LogP contribution in [0.3, 0.4) is 0 Å². The van der Waals surface area contributed by atoms with Gasteiger partial charge in [0.05, 0.1) is 14.2 Å². The highest BCUT2D eigenvalue weighted by atomic mass is 32.2. The maximum absolute atomic E-state index is 5.39. The average Bonchev–Trinajstić information content (AvgIpc) is 3.01. The van der Waals surface area contributed by atoms with Gasteiger partial charge < -0.3 is 14.0 Å². The molecule has 2 aromatic carbocycles. The molecule has 0 bridgehead atoms. The number of thioether (sulfide) groups is 1. The summed E-state index contributed by atoms with van der Waals surface area (Å²) < 4.78 is 12.6. The highest BCUT2D eigenvalue weighted by Gasteiger charge is 2.12. The van der Waals surface area contributed by atoms with Crippen molar-refractivity contribution in [2.24, 2.45) is 7.05 Å². The predicted molar refractivity (Wildman–Crippen MR) is 95.5 cm³/mol. The van der Waals surface area contributed by atoms with Gasteiger partial charge in [0.15, 0.2) is 11.0 Å². The molecule has 0 aliphatic carbocycles. The lowest BCUT2D eigenvalue weighted by molar-refractivity contribution is 0.411. The van der Waals surface area contributed by atoms with E-state index in [4.69, 9.17) is 9.47 Å². The number of nitrogens with zero attached hydrogens (tertiary/aromatic N) is 3. The third-order valence-electron chi connectivity index (χ3n) is 3.73. The summed E-state index contributed by atoms with van der Waals surface area (Å²) in [4.78, 5) is 0. The highest BCUT2D eigenvalue weighted by Crippen LogP contribution is 2.29. The van der Waals surface area contributed by atoms with Gasteiger partial charge >= 0.3 is 0 Å².